The zero-order valence-electron chi connectivity index (χ0n) is 11.6. The number of piperazine rings is 1. The maximum absolute atomic E-state index is 9.60. The van der Waals surface area contributed by atoms with Gasteiger partial charge in [0.1, 0.15) is 5.82 Å². The first-order valence-corrected chi connectivity index (χ1v) is 6.39. The molecule has 2 unspecified atom stereocenters. The Kier molecular flexibility index (Phi) is 3.94. The smallest absolute Gasteiger partial charge is 0.146 e. The van der Waals surface area contributed by atoms with Crippen molar-refractivity contribution in [1.29, 1.82) is 0 Å². The van der Waals surface area contributed by atoms with Crippen LogP contribution in [0, 0.1) is 6.92 Å². The SMILES string of the molecule is Cc1nc(C2CN(C)CCN2C)ncc1C(C)O. The van der Waals surface area contributed by atoms with Gasteiger partial charge in [0.2, 0.25) is 0 Å². The molecule has 0 spiro atoms. The highest BCUT2D eigenvalue weighted by atomic mass is 16.3. The van der Waals surface area contributed by atoms with E-state index in [0.717, 1.165) is 36.7 Å². The monoisotopic (exact) mass is 250 g/mol. The molecule has 0 radical (unpaired) electrons. The van der Waals surface area contributed by atoms with Crippen molar-refractivity contribution >= 4 is 0 Å². The van der Waals surface area contributed by atoms with E-state index in [0.29, 0.717) is 0 Å². The maximum atomic E-state index is 9.60. The molecule has 0 bridgehead atoms. The molecule has 5 nitrogen and oxygen atoms in total. The van der Waals surface area contributed by atoms with Crippen molar-refractivity contribution in [2.45, 2.75) is 26.0 Å². The summed E-state index contributed by atoms with van der Waals surface area (Å²) in [4.78, 5) is 13.6. The number of aliphatic hydroxyl groups excluding tert-OH is 1. The fourth-order valence-electron chi connectivity index (χ4n) is 2.35. The summed E-state index contributed by atoms with van der Waals surface area (Å²) in [6.07, 6.45) is 1.25. The van der Waals surface area contributed by atoms with Crippen molar-refractivity contribution in [3.8, 4) is 0 Å². The van der Waals surface area contributed by atoms with Gasteiger partial charge in [-0.25, -0.2) is 9.97 Å². The molecule has 0 saturated carbocycles. The second-order valence-corrected chi connectivity index (χ2v) is 5.20. The molecule has 100 valence electrons. The predicted octanol–water partition coefficient (Wildman–Crippen LogP) is 0.757. The number of nitrogens with zero attached hydrogens (tertiary/aromatic N) is 4. The largest absolute Gasteiger partial charge is 0.389 e. The summed E-state index contributed by atoms with van der Waals surface area (Å²) in [5.41, 5.74) is 1.68. The predicted molar refractivity (Wildman–Crippen MR) is 70.3 cm³/mol. The molecule has 1 N–H and O–H groups in total. The van der Waals surface area contributed by atoms with Crippen LogP contribution in [0.4, 0.5) is 0 Å². The molecule has 2 heterocycles. The highest BCUT2D eigenvalue weighted by molar-refractivity contribution is 5.19. The summed E-state index contributed by atoms with van der Waals surface area (Å²) >= 11 is 0. The first-order chi connectivity index (χ1) is 8.49. The third-order valence-electron chi connectivity index (χ3n) is 3.64. The summed E-state index contributed by atoms with van der Waals surface area (Å²) in [5, 5.41) is 9.60. The molecule has 0 aromatic carbocycles. The van der Waals surface area contributed by atoms with Crippen LogP contribution >= 0.6 is 0 Å². The Balaban J connectivity index is 2.25. The molecule has 1 aromatic heterocycles. The number of aromatic nitrogens is 2. The Morgan fingerprint density at radius 1 is 1.39 bits per heavy atom. The van der Waals surface area contributed by atoms with Gasteiger partial charge in [0, 0.05) is 37.1 Å². The first-order valence-electron chi connectivity index (χ1n) is 6.39. The van der Waals surface area contributed by atoms with Gasteiger partial charge in [-0.05, 0) is 27.9 Å². The Morgan fingerprint density at radius 2 is 2.11 bits per heavy atom. The van der Waals surface area contributed by atoms with Crippen molar-refractivity contribution in [3.63, 3.8) is 0 Å². The van der Waals surface area contributed by atoms with Crippen LogP contribution in [0.25, 0.3) is 0 Å². The Hall–Kier alpha value is -1.04. The molecule has 5 heteroatoms. The molecule has 0 amide bonds. The van der Waals surface area contributed by atoms with Gasteiger partial charge < -0.3 is 10.0 Å². The van der Waals surface area contributed by atoms with Crippen LogP contribution in [0.2, 0.25) is 0 Å². The van der Waals surface area contributed by atoms with Crippen LogP contribution in [0.3, 0.4) is 0 Å². The Morgan fingerprint density at radius 3 is 2.72 bits per heavy atom. The summed E-state index contributed by atoms with van der Waals surface area (Å²) in [5.74, 6) is 0.853. The number of aliphatic hydroxyl groups is 1. The number of hydrogen-bond acceptors (Lipinski definition) is 5. The van der Waals surface area contributed by atoms with Gasteiger partial charge in [-0.3, -0.25) is 4.90 Å². The summed E-state index contributed by atoms with van der Waals surface area (Å²) in [6.45, 7) is 6.73. The van der Waals surface area contributed by atoms with Crippen LogP contribution in [-0.2, 0) is 0 Å². The zero-order valence-corrected chi connectivity index (χ0v) is 11.6. The second kappa shape index (κ2) is 5.30. The van der Waals surface area contributed by atoms with Gasteiger partial charge in [-0.1, -0.05) is 0 Å². The lowest BCUT2D eigenvalue weighted by molar-refractivity contribution is 0.109. The van der Waals surface area contributed by atoms with Gasteiger partial charge in [-0.2, -0.15) is 0 Å². The van der Waals surface area contributed by atoms with Gasteiger partial charge in [0.25, 0.3) is 0 Å². The molecule has 1 saturated heterocycles. The highest BCUT2D eigenvalue weighted by Crippen LogP contribution is 2.22. The molecule has 2 atom stereocenters. The number of aryl methyl sites for hydroxylation is 1. The number of likely N-dealkylation sites (N-methyl/N-ethyl adjacent to an activating group) is 2. The zero-order chi connectivity index (χ0) is 13.3. The minimum absolute atomic E-state index is 0.241. The number of hydrogen-bond donors (Lipinski definition) is 1. The maximum Gasteiger partial charge on any atom is 0.146 e. The summed E-state index contributed by atoms with van der Waals surface area (Å²) in [7, 11) is 4.23. The molecular formula is C13H22N4O. The lowest BCUT2D eigenvalue weighted by Crippen LogP contribution is -2.45. The van der Waals surface area contributed by atoms with E-state index in [2.05, 4.69) is 33.9 Å². The van der Waals surface area contributed by atoms with E-state index in [4.69, 9.17) is 0 Å². The van der Waals surface area contributed by atoms with E-state index in [9.17, 15) is 5.11 Å². The molecule has 1 aromatic rings. The van der Waals surface area contributed by atoms with Crippen molar-refractivity contribution in [1.82, 2.24) is 19.8 Å². The van der Waals surface area contributed by atoms with Crippen molar-refractivity contribution in [3.05, 3.63) is 23.3 Å². The van der Waals surface area contributed by atoms with E-state index in [1.807, 2.05) is 6.92 Å². The normalized spacial score (nSPS) is 24.2. The minimum Gasteiger partial charge on any atom is -0.389 e. The van der Waals surface area contributed by atoms with Crippen molar-refractivity contribution in [2.75, 3.05) is 33.7 Å². The average molecular weight is 250 g/mol. The fraction of sp³-hybridized carbons (Fsp3) is 0.692. The van der Waals surface area contributed by atoms with E-state index in [1.165, 1.54) is 0 Å². The Labute approximate surface area is 108 Å². The van der Waals surface area contributed by atoms with Crippen LogP contribution < -0.4 is 0 Å². The van der Waals surface area contributed by atoms with Crippen LogP contribution in [-0.4, -0.2) is 58.6 Å². The molecule has 1 aliphatic heterocycles. The van der Waals surface area contributed by atoms with Gasteiger partial charge >= 0.3 is 0 Å². The quantitative estimate of drug-likeness (QED) is 0.839. The van der Waals surface area contributed by atoms with Crippen LogP contribution in [0.1, 0.15) is 36.2 Å². The van der Waals surface area contributed by atoms with E-state index >= 15 is 0 Å². The number of rotatable bonds is 2. The first kappa shape index (κ1) is 13.4. The molecule has 1 fully saturated rings. The van der Waals surface area contributed by atoms with Gasteiger partial charge in [0.15, 0.2) is 0 Å². The molecule has 2 rings (SSSR count). The molecule has 1 aliphatic rings. The standard InChI is InChI=1S/C13H22N4O/c1-9-11(10(2)18)7-14-13(15-9)12-8-16(3)5-6-17(12)4/h7,10,12,18H,5-6,8H2,1-4H3. The average Bonchev–Trinajstić information content (AvgIpc) is 2.31. The third kappa shape index (κ3) is 2.68. The van der Waals surface area contributed by atoms with E-state index in [-0.39, 0.29) is 6.04 Å². The van der Waals surface area contributed by atoms with E-state index < -0.39 is 6.10 Å². The molecule has 0 aliphatic carbocycles. The van der Waals surface area contributed by atoms with Gasteiger partial charge in [0.05, 0.1) is 12.1 Å². The summed E-state index contributed by atoms with van der Waals surface area (Å²) < 4.78 is 0. The van der Waals surface area contributed by atoms with Gasteiger partial charge in [-0.15, -0.1) is 0 Å². The van der Waals surface area contributed by atoms with Crippen LogP contribution in [0.5, 0.6) is 0 Å². The Bertz CT molecular complexity index is 421. The molecular weight excluding hydrogens is 228 g/mol. The van der Waals surface area contributed by atoms with Crippen molar-refractivity contribution < 1.29 is 5.11 Å². The third-order valence-corrected chi connectivity index (χ3v) is 3.64. The topological polar surface area (TPSA) is 52.5 Å². The van der Waals surface area contributed by atoms with Crippen molar-refractivity contribution in [2.24, 2.45) is 0 Å². The second-order valence-electron chi connectivity index (χ2n) is 5.20. The minimum atomic E-state index is -0.509. The van der Waals surface area contributed by atoms with Crippen LogP contribution in [0.15, 0.2) is 6.20 Å². The highest BCUT2D eigenvalue weighted by Gasteiger charge is 2.26. The fourth-order valence-corrected chi connectivity index (χ4v) is 2.35. The van der Waals surface area contributed by atoms with E-state index in [1.54, 1.807) is 13.1 Å². The molecule has 18 heavy (non-hydrogen) atoms. The lowest BCUT2D eigenvalue weighted by Gasteiger charge is -2.36. The summed E-state index contributed by atoms with van der Waals surface area (Å²) in [6, 6.07) is 0.241. The lowest BCUT2D eigenvalue weighted by atomic mass is 10.1.